The molecule has 2 aromatic rings. The summed E-state index contributed by atoms with van der Waals surface area (Å²) in [5, 5.41) is 3.00. The third-order valence-corrected chi connectivity index (χ3v) is 4.02. The third kappa shape index (κ3) is 2.89. The van der Waals surface area contributed by atoms with Gasteiger partial charge in [0.15, 0.2) is 0 Å². The molecule has 108 valence electrons. The molecule has 1 atom stereocenters. The molecule has 1 N–H and O–H groups in total. The number of hydrogen-bond acceptors (Lipinski definition) is 3. The van der Waals surface area contributed by atoms with Crippen molar-refractivity contribution in [2.45, 2.75) is 12.3 Å². The minimum Gasteiger partial charge on any atom is -0.387 e. The number of nitrogens with zero attached hydrogens (tertiary/aromatic N) is 2. The van der Waals surface area contributed by atoms with E-state index < -0.39 is 0 Å². The average Bonchev–Trinajstić information content (AvgIpc) is 3.05. The highest BCUT2D eigenvalue weighted by atomic mass is 16.2. The summed E-state index contributed by atoms with van der Waals surface area (Å²) < 4.78 is 0. The maximum absolute atomic E-state index is 12.5. The summed E-state index contributed by atoms with van der Waals surface area (Å²) >= 11 is 0. The number of nitrogens with one attached hydrogen (secondary N) is 1. The Morgan fingerprint density at radius 3 is 2.71 bits per heavy atom. The van der Waals surface area contributed by atoms with Crippen LogP contribution in [0.1, 0.15) is 28.4 Å². The first-order valence-electron chi connectivity index (χ1n) is 7.26. The molecule has 1 amide bonds. The quantitative estimate of drug-likeness (QED) is 0.941. The molecular formula is C17H19N3O. The van der Waals surface area contributed by atoms with Crippen LogP contribution in [-0.2, 0) is 0 Å². The smallest absolute Gasteiger partial charge is 0.272 e. The summed E-state index contributed by atoms with van der Waals surface area (Å²) in [5.41, 5.74) is 2.74. The predicted molar refractivity (Wildman–Crippen MR) is 83.5 cm³/mol. The number of hydrogen-bond donors (Lipinski definition) is 1. The average molecular weight is 281 g/mol. The van der Waals surface area contributed by atoms with Crippen LogP contribution in [0.3, 0.4) is 0 Å². The van der Waals surface area contributed by atoms with Crippen molar-refractivity contribution < 1.29 is 4.79 Å². The molecule has 4 nitrogen and oxygen atoms in total. The van der Waals surface area contributed by atoms with Crippen LogP contribution < -0.4 is 5.32 Å². The number of aromatic nitrogens is 1. The molecular weight excluding hydrogens is 262 g/mol. The van der Waals surface area contributed by atoms with E-state index in [1.165, 1.54) is 5.56 Å². The van der Waals surface area contributed by atoms with Gasteiger partial charge in [0, 0.05) is 26.1 Å². The Hall–Kier alpha value is -2.36. The zero-order chi connectivity index (χ0) is 14.7. The van der Waals surface area contributed by atoms with Gasteiger partial charge in [-0.2, -0.15) is 0 Å². The number of anilines is 1. The van der Waals surface area contributed by atoms with Crippen LogP contribution in [0.15, 0.2) is 48.7 Å². The SMILES string of the molecule is CNc1ccc(C(=O)N2CCC(c3ccccc3)C2)nc1. The standard InChI is InChI=1S/C17H19N3O/c1-18-15-7-8-16(19-11-15)17(21)20-10-9-14(12-20)13-5-3-2-4-6-13/h2-8,11,14,18H,9-10,12H2,1H3. The Balaban J connectivity index is 1.69. The van der Waals surface area contributed by atoms with Crippen LogP contribution in [0.4, 0.5) is 5.69 Å². The van der Waals surface area contributed by atoms with Gasteiger partial charge in [-0.05, 0) is 24.1 Å². The molecule has 0 radical (unpaired) electrons. The molecule has 1 aromatic carbocycles. The molecule has 4 heteroatoms. The van der Waals surface area contributed by atoms with Gasteiger partial charge < -0.3 is 10.2 Å². The molecule has 1 fully saturated rings. The fourth-order valence-electron chi connectivity index (χ4n) is 2.77. The summed E-state index contributed by atoms with van der Waals surface area (Å²) in [5.74, 6) is 0.461. The van der Waals surface area contributed by atoms with Gasteiger partial charge in [-0.1, -0.05) is 30.3 Å². The fourth-order valence-corrected chi connectivity index (χ4v) is 2.77. The van der Waals surface area contributed by atoms with Crippen LogP contribution in [0.25, 0.3) is 0 Å². The molecule has 2 heterocycles. The lowest BCUT2D eigenvalue weighted by molar-refractivity contribution is 0.0785. The van der Waals surface area contributed by atoms with Crippen LogP contribution in [0, 0.1) is 0 Å². The van der Waals surface area contributed by atoms with Crippen LogP contribution in [0.5, 0.6) is 0 Å². The van der Waals surface area contributed by atoms with Crippen molar-refractivity contribution in [3.63, 3.8) is 0 Å². The molecule has 1 aliphatic rings. The second kappa shape index (κ2) is 5.95. The monoisotopic (exact) mass is 281 g/mol. The molecule has 0 spiro atoms. The van der Waals surface area contributed by atoms with Gasteiger partial charge in [-0.25, -0.2) is 4.98 Å². The molecule has 0 bridgehead atoms. The van der Waals surface area contributed by atoms with Gasteiger partial charge in [-0.3, -0.25) is 4.79 Å². The summed E-state index contributed by atoms with van der Waals surface area (Å²) in [4.78, 5) is 18.6. The Bertz CT molecular complexity index is 610. The van der Waals surface area contributed by atoms with E-state index in [2.05, 4.69) is 34.6 Å². The normalized spacial score (nSPS) is 17.8. The van der Waals surface area contributed by atoms with E-state index in [1.807, 2.05) is 24.1 Å². The molecule has 21 heavy (non-hydrogen) atoms. The Labute approximate surface area is 124 Å². The van der Waals surface area contributed by atoms with Crippen molar-refractivity contribution in [3.05, 3.63) is 59.9 Å². The summed E-state index contributed by atoms with van der Waals surface area (Å²) in [6, 6.07) is 14.1. The van der Waals surface area contributed by atoms with Gasteiger partial charge in [0.2, 0.25) is 0 Å². The highest BCUT2D eigenvalue weighted by Gasteiger charge is 2.28. The number of benzene rings is 1. The zero-order valence-corrected chi connectivity index (χ0v) is 12.1. The molecule has 1 saturated heterocycles. The van der Waals surface area contributed by atoms with E-state index in [4.69, 9.17) is 0 Å². The molecule has 0 aliphatic carbocycles. The minimum atomic E-state index is 0.0242. The summed E-state index contributed by atoms with van der Waals surface area (Å²) in [6.45, 7) is 1.58. The van der Waals surface area contributed by atoms with Crippen molar-refractivity contribution >= 4 is 11.6 Å². The lowest BCUT2D eigenvalue weighted by Crippen LogP contribution is -2.29. The predicted octanol–water partition coefficient (Wildman–Crippen LogP) is 2.75. The van der Waals surface area contributed by atoms with E-state index in [-0.39, 0.29) is 5.91 Å². The lowest BCUT2D eigenvalue weighted by Gasteiger charge is -2.16. The largest absolute Gasteiger partial charge is 0.387 e. The minimum absolute atomic E-state index is 0.0242. The Kier molecular flexibility index (Phi) is 3.86. The Morgan fingerprint density at radius 2 is 2.05 bits per heavy atom. The molecule has 3 rings (SSSR count). The summed E-state index contributed by atoms with van der Waals surface area (Å²) in [6.07, 6.45) is 2.71. The van der Waals surface area contributed by atoms with Crippen LogP contribution in [0.2, 0.25) is 0 Å². The van der Waals surface area contributed by atoms with Crippen molar-refractivity contribution in [2.75, 3.05) is 25.5 Å². The van der Waals surface area contributed by atoms with Crippen molar-refractivity contribution in [1.82, 2.24) is 9.88 Å². The van der Waals surface area contributed by atoms with E-state index in [0.29, 0.717) is 11.6 Å². The second-order valence-corrected chi connectivity index (χ2v) is 5.33. The van der Waals surface area contributed by atoms with Gasteiger partial charge in [-0.15, -0.1) is 0 Å². The van der Waals surface area contributed by atoms with Gasteiger partial charge >= 0.3 is 0 Å². The van der Waals surface area contributed by atoms with Crippen LogP contribution in [-0.4, -0.2) is 35.9 Å². The molecule has 1 aliphatic heterocycles. The number of carbonyl (C=O) groups is 1. The van der Waals surface area contributed by atoms with E-state index in [0.717, 1.165) is 25.2 Å². The number of likely N-dealkylation sites (tertiary alicyclic amines) is 1. The first kappa shape index (κ1) is 13.6. The molecule has 0 saturated carbocycles. The van der Waals surface area contributed by atoms with Crippen molar-refractivity contribution in [3.8, 4) is 0 Å². The first-order chi connectivity index (χ1) is 10.3. The zero-order valence-electron chi connectivity index (χ0n) is 12.1. The second-order valence-electron chi connectivity index (χ2n) is 5.33. The molecule has 1 aromatic heterocycles. The highest BCUT2D eigenvalue weighted by Crippen LogP contribution is 2.27. The lowest BCUT2D eigenvalue weighted by atomic mass is 9.99. The van der Waals surface area contributed by atoms with E-state index in [1.54, 1.807) is 12.3 Å². The molecule has 1 unspecified atom stereocenters. The number of carbonyl (C=O) groups excluding carboxylic acids is 1. The number of pyridine rings is 1. The van der Waals surface area contributed by atoms with Gasteiger partial charge in [0.25, 0.3) is 5.91 Å². The van der Waals surface area contributed by atoms with Crippen molar-refractivity contribution in [1.29, 1.82) is 0 Å². The topological polar surface area (TPSA) is 45.2 Å². The fraction of sp³-hybridized carbons (Fsp3) is 0.294. The maximum Gasteiger partial charge on any atom is 0.272 e. The van der Waals surface area contributed by atoms with Gasteiger partial charge in [0.05, 0.1) is 11.9 Å². The summed E-state index contributed by atoms with van der Waals surface area (Å²) in [7, 11) is 1.84. The van der Waals surface area contributed by atoms with Gasteiger partial charge in [0.1, 0.15) is 5.69 Å². The third-order valence-electron chi connectivity index (χ3n) is 4.02. The van der Waals surface area contributed by atoms with Crippen LogP contribution >= 0.6 is 0 Å². The highest BCUT2D eigenvalue weighted by molar-refractivity contribution is 5.92. The number of amides is 1. The van der Waals surface area contributed by atoms with E-state index >= 15 is 0 Å². The number of rotatable bonds is 3. The maximum atomic E-state index is 12.5. The Morgan fingerprint density at radius 1 is 1.24 bits per heavy atom. The first-order valence-corrected chi connectivity index (χ1v) is 7.26. The van der Waals surface area contributed by atoms with Crippen molar-refractivity contribution in [2.24, 2.45) is 0 Å². The van der Waals surface area contributed by atoms with E-state index in [9.17, 15) is 4.79 Å².